The second-order valence-corrected chi connectivity index (χ2v) is 7.47. The molecule has 1 aromatic heterocycles. The number of amides is 1. The average Bonchev–Trinajstić information content (AvgIpc) is 2.45. The van der Waals surface area contributed by atoms with Gasteiger partial charge in [-0.2, -0.15) is 5.26 Å². The number of alkyl carbamates (subject to hydrolysis) is 1. The van der Waals surface area contributed by atoms with Gasteiger partial charge in [-0.1, -0.05) is 0 Å². The fourth-order valence-electron chi connectivity index (χ4n) is 2.65. The Balaban J connectivity index is 2.02. The lowest BCUT2D eigenvalue weighted by Gasteiger charge is -2.40. The molecule has 1 fully saturated rings. The molecular weight excluding hydrogens is 306 g/mol. The van der Waals surface area contributed by atoms with E-state index < -0.39 is 11.7 Å². The molecule has 1 aliphatic rings. The van der Waals surface area contributed by atoms with Gasteiger partial charge in [0, 0.05) is 24.8 Å². The van der Waals surface area contributed by atoms with Gasteiger partial charge in [0.15, 0.2) is 11.5 Å². The van der Waals surface area contributed by atoms with E-state index in [0.29, 0.717) is 24.6 Å². The summed E-state index contributed by atoms with van der Waals surface area (Å²) in [5.74, 6) is 0.622. The maximum Gasteiger partial charge on any atom is 0.408 e. The third kappa shape index (κ3) is 4.57. The molecule has 0 aliphatic carbocycles. The van der Waals surface area contributed by atoms with Crippen LogP contribution in [0.3, 0.4) is 0 Å². The second-order valence-electron chi connectivity index (χ2n) is 7.47. The minimum Gasteiger partial charge on any atom is -0.444 e. The van der Waals surface area contributed by atoms with Crippen LogP contribution in [0.5, 0.6) is 0 Å². The fourth-order valence-corrected chi connectivity index (χ4v) is 2.65. The smallest absolute Gasteiger partial charge is 0.408 e. The van der Waals surface area contributed by atoms with Crippen LogP contribution in [0, 0.1) is 18.3 Å². The highest BCUT2D eigenvalue weighted by Gasteiger charge is 2.34. The number of hydrogen-bond donors (Lipinski definition) is 1. The van der Waals surface area contributed by atoms with E-state index in [0.717, 1.165) is 18.5 Å². The summed E-state index contributed by atoms with van der Waals surface area (Å²) in [6, 6.07) is 2.09. The highest BCUT2D eigenvalue weighted by Crippen LogP contribution is 2.27. The minimum atomic E-state index is -0.514. The van der Waals surface area contributed by atoms with Crippen LogP contribution < -0.4 is 10.2 Å². The summed E-state index contributed by atoms with van der Waals surface area (Å²) in [5.41, 5.74) is 0.275. The number of hydrogen-bond acceptors (Lipinski definition) is 6. The molecular formula is C17H25N5O2. The van der Waals surface area contributed by atoms with Crippen molar-refractivity contribution in [3.05, 3.63) is 17.6 Å². The molecule has 2 rings (SSSR count). The van der Waals surface area contributed by atoms with E-state index in [1.165, 1.54) is 0 Å². The molecule has 0 aromatic carbocycles. The Hall–Kier alpha value is -2.36. The molecule has 7 heteroatoms. The van der Waals surface area contributed by atoms with Crippen LogP contribution in [-0.2, 0) is 4.74 Å². The fraction of sp³-hybridized carbons (Fsp3) is 0.647. The predicted octanol–water partition coefficient (Wildman–Crippen LogP) is 2.54. The van der Waals surface area contributed by atoms with Crippen molar-refractivity contribution < 1.29 is 9.53 Å². The highest BCUT2D eigenvalue weighted by molar-refractivity contribution is 5.68. The van der Waals surface area contributed by atoms with Crippen molar-refractivity contribution in [1.29, 1.82) is 5.26 Å². The van der Waals surface area contributed by atoms with Gasteiger partial charge >= 0.3 is 6.09 Å². The van der Waals surface area contributed by atoms with Crippen LogP contribution in [0.4, 0.5) is 10.6 Å². The van der Waals surface area contributed by atoms with E-state index in [1.807, 2.05) is 34.6 Å². The first-order valence-corrected chi connectivity index (χ1v) is 8.12. The first kappa shape index (κ1) is 18.0. The summed E-state index contributed by atoms with van der Waals surface area (Å²) in [6.07, 6.45) is 2.69. The maximum absolute atomic E-state index is 12.0. The number of nitrogens with one attached hydrogen (secondary N) is 1. The van der Waals surface area contributed by atoms with Gasteiger partial charge in [-0.15, -0.1) is 0 Å². The first-order valence-electron chi connectivity index (χ1n) is 8.12. The number of nitrogens with zero attached hydrogens (tertiary/aromatic N) is 4. The lowest BCUT2D eigenvalue weighted by Crippen LogP contribution is -2.54. The molecule has 1 N–H and O–H groups in total. The molecule has 1 amide bonds. The van der Waals surface area contributed by atoms with E-state index >= 15 is 0 Å². The Kier molecular flexibility index (Phi) is 4.97. The molecule has 0 unspecified atom stereocenters. The molecule has 1 saturated heterocycles. The van der Waals surface area contributed by atoms with Crippen LogP contribution in [-0.4, -0.2) is 40.3 Å². The normalized spacial score (nSPS) is 17.1. The van der Waals surface area contributed by atoms with Gasteiger partial charge in [0.1, 0.15) is 11.7 Å². The van der Waals surface area contributed by atoms with Crippen molar-refractivity contribution >= 4 is 11.9 Å². The van der Waals surface area contributed by atoms with Crippen LogP contribution in [0.15, 0.2) is 6.20 Å². The zero-order valence-corrected chi connectivity index (χ0v) is 15.0. The molecule has 0 saturated carbocycles. The summed E-state index contributed by atoms with van der Waals surface area (Å²) in [4.78, 5) is 22.7. The van der Waals surface area contributed by atoms with E-state index in [9.17, 15) is 10.1 Å². The van der Waals surface area contributed by atoms with Crippen molar-refractivity contribution in [2.75, 3.05) is 18.0 Å². The number of carbonyl (C=O) groups excluding carboxylic acids is 1. The van der Waals surface area contributed by atoms with Gasteiger partial charge in [-0.05, 0) is 47.5 Å². The molecule has 1 aliphatic heterocycles. The molecule has 130 valence electrons. The highest BCUT2D eigenvalue weighted by atomic mass is 16.6. The van der Waals surface area contributed by atoms with E-state index in [1.54, 1.807) is 6.20 Å². The molecule has 1 aromatic rings. The van der Waals surface area contributed by atoms with Gasteiger partial charge in [-0.3, -0.25) is 0 Å². The summed E-state index contributed by atoms with van der Waals surface area (Å²) in [5, 5.41) is 12.2. The van der Waals surface area contributed by atoms with E-state index in [2.05, 4.69) is 26.3 Å². The van der Waals surface area contributed by atoms with Gasteiger partial charge in [0.05, 0.1) is 5.69 Å². The van der Waals surface area contributed by atoms with E-state index in [4.69, 9.17) is 4.74 Å². The number of nitriles is 1. The monoisotopic (exact) mass is 331 g/mol. The SMILES string of the molecule is Cc1cnc(C#N)c(N2CCC(C)(NC(=O)OC(C)(C)C)CC2)n1. The van der Waals surface area contributed by atoms with Crippen molar-refractivity contribution in [2.24, 2.45) is 0 Å². The van der Waals surface area contributed by atoms with Crippen molar-refractivity contribution in [3.63, 3.8) is 0 Å². The predicted molar refractivity (Wildman–Crippen MR) is 90.7 cm³/mol. The molecule has 0 atom stereocenters. The zero-order chi connectivity index (χ0) is 18.0. The quantitative estimate of drug-likeness (QED) is 0.895. The lowest BCUT2D eigenvalue weighted by atomic mass is 9.89. The molecule has 2 heterocycles. The van der Waals surface area contributed by atoms with Crippen LogP contribution in [0.1, 0.15) is 51.9 Å². The van der Waals surface area contributed by atoms with Crippen LogP contribution >= 0.6 is 0 Å². The van der Waals surface area contributed by atoms with Crippen molar-refractivity contribution in [3.8, 4) is 6.07 Å². The van der Waals surface area contributed by atoms with Gasteiger partial charge < -0.3 is 15.0 Å². The largest absolute Gasteiger partial charge is 0.444 e. The average molecular weight is 331 g/mol. The minimum absolute atomic E-state index is 0.330. The molecule has 0 radical (unpaired) electrons. The first-order chi connectivity index (χ1) is 11.1. The third-order valence-corrected chi connectivity index (χ3v) is 3.95. The maximum atomic E-state index is 12.0. The number of rotatable bonds is 2. The number of ether oxygens (including phenoxy) is 1. The molecule has 7 nitrogen and oxygen atoms in total. The van der Waals surface area contributed by atoms with Gasteiger partial charge in [0.25, 0.3) is 0 Å². The number of aryl methyl sites for hydroxylation is 1. The third-order valence-electron chi connectivity index (χ3n) is 3.95. The lowest BCUT2D eigenvalue weighted by molar-refractivity contribution is 0.0448. The Morgan fingerprint density at radius 1 is 1.42 bits per heavy atom. The molecule has 0 spiro atoms. The molecule has 0 bridgehead atoms. The van der Waals surface area contributed by atoms with E-state index in [-0.39, 0.29) is 5.54 Å². The summed E-state index contributed by atoms with van der Waals surface area (Å²) >= 11 is 0. The topological polar surface area (TPSA) is 91.1 Å². The van der Waals surface area contributed by atoms with Crippen LogP contribution in [0.25, 0.3) is 0 Å². The van der Waals surface area contributed by atoms with Crippen molar-refractivity contribution in [2.45, 2.75) is 58.6 Å². The number of carbonyl (C=O) groups is 1. The Labute approximate surface area is 143 Å². The number of piperidine rings is 1. The Morgan fingerprint density at radius 2 is 2.04 bits per heavy atom. The van der Waals surface area contributed by atoms with Gasteiger partial charge in [0.2, 0.25) is 0 Å². The van der Waals surface area contributed by atoms with Crippen LogP contribution in [0.2, 0.25) is 0 Å². The second kappa shape index (κ2) is 6.63. The Bertz CT molecular complexity index is 652. The molecule has 24 heavy (non-hydrogen) atoms. The standard InChI is InChI=1S/C17H25N5O2/c1-12-11-19-13(10-18)14(20-12)22-8-6-17(5,7-9-22)21-15(23)24-16(2,3)4/h11H,6-9H2,1-5H3,(H,21,23). The number of aromatic nitrogens is 2. The summed E-state index contributed by atoms with van der Waals surface area (Å²) in [6.45, 7) is 10.8. The Morgan fingerprint density at radius 3 is 2.58 bits per heavy atom. The summed E-state index contributed by atoms with van der Waals surface area (Å²) in [7, 11) is 0. The zero-order valence-electron chi connectivity index (χ0n) is 15.0. The van der Waals surface area contributed by atoms with Crippen molar-refractivity contribution in [1.82, 2.24) is 15.3 Å². The summed E-state index contributed by atoms with van der Waals surface area (Å²) < 4.78 is 5.34. The van der Waals surface area contributed by atoms with Gasteiger partial charge in [-0.25, -0.2) is 14.8 Å². The number of anilines is 1.